The van der Waals surface area contributed by atoms with Gasteiger partial charge in [0.15, 0.2) is 5.75 Å². The molecule has 0 N–H and O–H groups in total. The van der Waals surface area contributed by atoms with Crippen molar-refractivity contribution in [1.29, 1.82) is 0 Å². The fraction of sp³-hybridized carbons (Fsp3) is 0.300. The molecule has 0 amide bonds. The molecule has 1 rings (SSSR count). The molecule has 1 aromatic carbocycles. The van der Waals surface area contributed by atoms with Gasteiger partial charge in [0.2, 0.25) is 16.9 Å². The zero-order valence-electron chi connectivity index (χ0n) is 8.37. The number of rotatable bonds is 3. The van der Waals surface area contributed by atoms with Crippen molar-refractivity contribution in [2.75, 3.05) is 21.3 Å². The summed E-state index contributed by atoms with van der Waals surface area (Å²) in [6.45, 7) is 0. The highest BCUT2D eigenvalue weighted by Gasteiger charge is 2.11. The van der Waals surface area contributed by atoms with E-state index in [9.17, 15) is 4.79 Å². The summed E-state index contributed by atoms with van der Waals surface area (Å²) < 4.78 is 15.1. The third-order valence-electron chi connectivity index (χ3n) is 1.78. The molecule has 0 heterocycles. The van der Waals surface area contributed by atoms with Crippen molar-refractivity contribution in [3.63, 3.8) is 0 Å². The van der Waals surface area contributed by atoms with Crippen LogP contribution in [0, 0.1) is 0 Å². The molecular formula is C10H12O4. The van der Waals surface area contributed by atoms with Crippen LogP contribution < -0.4 is 19.6 Å². The van der Waals surface area contributed by atoms with Gasteiger partial charge in [0, 0.05) is 0 Å². The summed E-state index contributed by atoms with van der Waals surface area (Å²) in [6, 6.07) is 4.62. The van der Waals surface area contributed by atoms with E-state index in [1.165, 1.54) is 27.4 Å². The fourth-order valence-electron chi connectivity index (χ4n) is 1.15. The van der Waals surface area contributed by atoms with Crippen LogP contribution in [0.25, 0.3) is 0 Å². The Bertz CT molecular complexity index is 373. The summed E-state index contributed by atoms with van der Waals surface area (Å²) in [5.74, 6) is 0.922. The smallest absolute Gasteiger partial charge is 0.224 e. The molecule has 0 bridgehead atoms. The maximum Gasteiger partial charge on any atom is 0.224 e. The number of hydrogen-bond donors (Lipinski definition) is 0. The molecule has 0 saturated carbocycles. The molecule has 1 aromatic rings. The number of methoxy groups -OCH3 is 3. The Morgan fingerprint density at radius 3 is 2.07 bits per heavy atom. The highest BCUT2D eigenvalue weighted by Crippen LogP contribution is 2.32. The minimum atomic E-state index is -0.243. The Morgan fingerprint density at radius 2 is 1.57 bits per heavy atom. The van der Waals surface area contributed by atoms with Crippen LogP contribution in [-0.2, 0) is 0 Å². The summed E-state index contributed by atoms with van der Waals surface area (Å²) in [5.41, 5.74) is -0.243. The first-order valence-corrected chi connectivity index (χ1v) is 4.04. The Labute approximate surface area is 82.0 Å². The standard InChI is InChI=1S/C10H12O4/c1-12-8-6-4-5-7(11)9(13-2)10(8)14-3/h4-6H,1-3H3. The first-order valence-electron chi connectivity index (χ1n) is 4.04. The Kier molecular flexibility index (Phi) is 3.34. The van der Waals surface area contributed by atoms with Gasteiger partial charge in [-0.3, -0.25) is 4.79 Å². The topological polar surface area (TPSA) is 44.8 Å². The average Bonchev–Trinajstić information content (AvgIpc) is 2.36. The minimum absolute atomic E-state index is 0.148. The van der Waals surface area contributed by atoms with Gasteiger partial charge >= 0.3 is 0 Å². The van der Waals surface area contributed by atoms with Crippen LogP contribution in [-0.4, -0.2) is 21.3 Å². The van der Waals surface area contributed by atoms with E-state index in [1.807, 2.05) is 0 Å². The van der Waals surface area contributed by atoms with Gasteiger partial charge in [-0.05, 0) is 12.1 Å². The molecule has 14 heavy (non-hydrogen) atoms. The lowest BCUT2D eigenvalue weighted by Gasteiger charge is -2.06. The van der Waals surface area contributed by atoms with E-state index in [4.69, 9.17) is 14.2 Å². The van der Waals surface area contributed by atoms with Crippen molar-refractivity contribution < 1.29 is 14.2 Å². The van der Waals surface area contributed by atoms with Gasteiger partial charge in [-0.15, -0.1) is 0 Å². The summed E-state index contributed by atoms with van der Waals surface area (Å²) in [7, 11) is 4.38. The summed E-state index contributed by atoms with van der Waals surface area (Å²) in [4.78, 5) is 11.4. The lowest BCUT2D eigenvalue weighted by molar-refractivity contribution is 0.325. The molecule has 0 atom stereocenters. The summed E-state index contributed by atoms with van der Waals surface area (Å²) >= 11 is 0. The van der Waals surface area contributed by atoms with Gasteiger partial charge in [0.1, 0.15) is 0 Å². The second-order valence-electron chi connectivity index (χ2n) is 2.52. The molecule has 4 heteroatoms. The summed E-state index contributed by atoms with van der Waals surface area (Å²) in [6.07, 6.45) is 0. The molecule has 0 saturated heterocycles. The zero-order chi connectivity index (χ0) is 10.6. The van der Waals surface area contributed by atoms with Crippen LogP contribution >= 0.6 is 0 Å². The first kappa shape index (κ1) is 10.4. The first-order chi connectivity index (χ1) is 6.74. The normalized spacial score (nSPS) is 9.36. The maximum atomic E-state index is 11.4. The maximum absolute atomic E-state index is 11.4. The highest BCUT2D eigenvalue weighted by molar-refractivity contribution is 5.49. The Balaban J connectivity index is 3.53. The number of ether oxygens (including phenoxy) is 3. The second-order valence-corrected chi connectivity index (χ2v) is 2.52. The van der Waals surface area contributed by atoms with Gasteiger partial charge < -0.3 is 14.2 Å². The van der Waals surface area contributed by atoms with Crippen LogP contribution in [0.3, 0.4) is 0 Å². The average molecular weight is 196 g/mol. The van der Waals surface area contributed by atoms with E-state index in [2.05, 4.69) is 0 Å². The monoisotopic (exact) mass is 196 g/mol. The Hall–Kier alpha value is -1.71. The SMILES string of the molecule is COc1cccc(=O)c(OC)c1OC. The van der Waals surface area contributed by atoms with Crippen molar-refractivity contribution in [3.05, 3.63) is 28.4 Å². The zero-order valence-corrected chi connectivity index (χ0v) is 8.37. The van der Waals surface area contributed by atoms with Gasteiger partial charge in [-0.25, -0.2) is 0 Å². The predicted octanol–water partition coefficient (Wildman–Crippen LogP) is 1.07. The largest absolute Gasteiger partial charge is 0.493 e. The molecule has 76 valence electrons. The van der Waals surface area contributed by atoms with Gasteiger partial charge in [0.25, 0.3) is 0 Å². The molecule has 4 nitrogen and oxygen atoms in total. The predicted molar refractivity (Wildman–Crippen MR) is 52.4 cm³/mol. The van der Waals surface area contributed by atoms with Crippen molar-refractivity contribution >= 4 is 0 Å². The lowest BCUT2D eigenvalue weighted by atomic mass is 10.4. The van der Waals surface area contributed by atoms with E-state index in [-0.39, 0.29) is 11.2 Å². The van der Waals surface area contributed by atoms with Crippen molar-refractivity contribution in [1.82, 2.24) is 0 Å². The van der Waals surface area contributed by atoms with Gasteiger partial charge in [-0.2, -0.15) is 0 Å². The van der Waals surface area contributed by atoms with E-state index in [0.29, 0.717) is 11.5 Å². The lowest BCUT2D eigenvalue weighted by Crippen LogP contribution is -2.02. The molecular weight excluding hydrogens is 184 g/mol. The van der Waals surface area contributed by atoms with Crippen molar-refractivity contribution in [3.8, 4) is 17.2 Å². The van der Waals surface area contributed by atoms with Crippen LogP contribution in [0.1, 0.15) is 0 Å². The van der Waals surface area contributed by atoms with E-state index in [1.54, 1.807) is 12.1 Å². The third kappa shape index (κ3) is 1.79. The fourth-order valence-corrected chi connectivity index (χ4v) is 1.15. The summed E-state index contributed by atoms with van der Waals surface area (Å²) in [5, 5.41) is 0. The Morgan fingerprint density at radius 1 is 0.929 bits per heavy atom. The van der Waals surface area contributed by atoms with Crippen LogP contribution in [0.15, 0.2) is 23.0 Å². The molecule has 0 aliphatic rings. The van der Waals surface area contributed by atoms with Gasteiger partial charge in [0.05, 0.1) is 21.3 Å². The highest BCUT2D eigenvalue weighted by atomic mass is 16.5. The van der Waals surface area contributed by atoms with Crippen molar-refractivity contribution in [2.45, 2.75) is 0 Å². The van der Waals surface area contributed by atoms with E-state index >= 15 is 0 Å². The number of hydrogen-bond acceptors (Lipinski definition) is 4. The molecule has 0 fully saturated rings. The van der Waals surface area contributed by atoms with E-state index < -0.39 is 0 Å². The minimum Gasteiger partial charge on any atom is -0.493 e. The second kappa shape index (κ2) is 4.50. The molecule has 0 aliphatic carbocycles. The molecule has 0 aliphatic heterocycles. The third-order valence-corrected chi connectivity index (χ3v) is 1.78. The van der Waals surface area contributed by atoms with E-state index in [0.717, 1.165) is 0 Å². The molecule has 0 unspecified atom stereocenters. The molecule has 0 spiro atoms. The van der Waals surface area contributed by atoms with Crippen LogP contribution in [0.4, 0.5) is 0 Å². The molecule has 0 aromatic heterocycles. The van der Waals surface area contributed by atoms with Gasteiger partial charge in [-0.1, -0.05) is 6.07 Å². The molecule has 0 radical (unpaired) electrons. The quantitative estimate of drug-likeness (QED) is 0.725. The van der Waals surface area contributed by atoms with Crippen LogP contribution in [0.2, 0.25) is 0 Å². The van der Waals surface area contributed by atoms with Crippen LogP contribution in [0.5, 0.6) is 17.2 Å². The van der Waals surface area contributed by atoms with Crippen molar-refractivity contribution in [2.24, 2.45) is 0 Å².